The number of hydrogen-bond donors (Lipinski definition) is 1. The number of nitrogens with one attached hydrogen (secondary N) is 1. The number of alkyl halides is 3. The van der Waals surface area contributed by atoms with Crippen molar-refractivity contribution in [2.75, 3.05) is 0 Å². The van der Waals surface area contributed by atoms with Gasteiger partial charge in [0.1, 0.15) is 17.5 Å². The van der Waals surface area contributed by atoms with Gasteiger partial charge < -0.3 is 9.72 Å². The van der Waals surface area contributed by atoms with E-state index in [1.807, 2.05) is 0 Å². The monoisotopic (exact) mass is 232 g/mol. The minimum atomic E-state index is -4.60. The van der Waals surface area contributed by atoms with Crippen molar-refractivity contribution in [1.29, 1.82) is 5.26 Å². The number of hydrogen-bond acceptors (Lipinski definition) is 3. The van der Waals surface area contributed by atoms with E-state index in [4.69, 9.17) is 5.26 Å². The van der Waals surface area contributed by atoms with Gasteiger partial charge in [-0.25, -0.2) is 4.79 Å². The number of aromatic nitrogens is 1. The van der Waals surface area contributed by atoms with Gasteiger partial charge in [-0.2, -0.15) is 18.4 Å². The van der Waals surface area contributed by atoms with Crippen LogP contribution in [-0.4, -0.2) is 23.2 Å². The van der Waals surface area contributed by atoms with Gasteiger partial charge in [0, 0.05) is 0 Å². The summed E-state index contributed by atoms with van der Waals surface area (Å²) >= 11 is 0. The number of aromatic amines is 1. The minimum Gasteiger partial charge on any atom is -0.448 e. The van der Waals surface area contributed by atoms with Gasteiger partial charge in [-0.05, 0) is 19.1 Å². The number of nitrogens with zero attached hydrogens (tertiary/aromatic N) is 1. The summed E-state index contributed by atoms with van der Waals surface area (Å²) < 4.78 is 40.3. The quantitative estimate of drug-likeness (QED) is 0.793. The Morgan fingerprint density at radius 1 is 1.56 bits per heavy atom. The number of halogens is 3. The summed E-state index contributed by atoms with van der Waals surface area (Å²) in [5.41, 5.74) is -0.112. The summed E-state index contributed by atoms with van der Waals surface area (Å²) in [6, 6.07) is 4.16. The van der Waals surface area contributed by atoms with Gasteiger partial charge in [0.15, 0.2) is 6.10 Å². The van der Waals surface area contributed by atoms with E-state index < -0.39 is 18.2 Å². The van der Waals surface area contributed by atoms with Crippen LogP contribution in [-0.2, 0) is 4.74 Å². The Hall–Kier alpha value is -1.97. The third-order valence-electron chi connectivity index (χ3n) is 1.77. The number of carbonyl (C=O) groups excluding carboxylic acids is 1. The zero-order valence-corrected chi connectivity index (χ0v) is 8.13. The molecule has 0 bridgehead atoms. The lowest BCUT2D eigenvalue weighted by atomic mass is 10.4. The fraction of sp³-hybridized carbons (Fsp3) is 0.333. The van der Waals surface area contributed by atoms with E-state index >= 15 is 0 Å². The highest BCUT2D eigenvalue weighted by atomic mass is 19.4. The summed E-state index contributed by atoms with van der Waals surface area (Å²) in [4.78, 5) is 13.5. The maximum atomic E-state index is 12.1. The van der Waals surface area contributed by atoms with Crippen LogP contribution < -0.4 is 0 Å². The van der Waals surface area contributed by atoms with Gasteiger partial charge in [-0.1, -0.05) is 0 Å². The van der Waals surface area contributed by atoms with Crippen LogP contribution in [0.4, 0.5) is 13.2 Å². The van der Waals surface area contributed by atoms with Crippen LogP contribution in [0, 0.1) is 11.3 Å². The molecule has 0 aliphatic rings. The van der Waals surface area contributed by atoms with Crippen molar-refractivity contribution >= 4 is 5.97 Å². The Kier molecular flexibility index (Phi) is 3.22. The van der Waals surface area contributed by atoms with Gasteiger partial charge in [-0.3, -0.25) is 0 Å². The summed E-state index contributed by atoms with van der Waals surface area (Å²) in [5, 5.41) is 8.43. The van der Waals surface area contributed by atoms with Crippen LogP contribution in [0.3, 0.4) is 0 Å². The highest BCUT2D eigenvalue weighted by Gasteiger charge is 2.39. The van der Waals surface area contributed by atoms with Crippen LogP contribution in [0.25, 0.3) is 0 Å². The van der Waals surface area contributed by atoms with E-state index in [2.05, 4.69) is 9.72 Å². The second kappa shape index (κ2) is 4.26. The zero-order chi connectivity index (χ0) is 12.3. The summed E-state index contributed by atoms with van der Waals surface area (Å²) in [7, 11) is 0. The lowest BCUT2D eigenvalue weighted by Gasteiger charge is -2.15. The molecule has 16 heavy (non-hydrogen) atoms. The van der Waals surface area contributed by atoms with Crippen molar-refractivity contribution in [3.63, 3.8) is 0 Å². The first kappa shape index (κ1) is 12.1. The second-order valence-corrected chi connectivity index (χ2v) is 2.99. The first-order valence-electron chi connectivity index (χ1n) is 4.21. The summed E-state index contributed by atoms with van der Waals surface area (Å²) in [6.45, 7) is 0.728. The predicted molar refractivity (Wildman–Crippen MR) is 46.4 cm³/mol. The summed E-state index contributed by atoms with van der Waals surface area (Å²) in [6.07, 6.45) is -6.78. The van der Waals surface area contributed by atoms with Crippen LogP contribution in [0.1, 0.15) is 23.1 Å². The lowest BCUT2D eigenvalue weighted by molar-refractivity contribution is -0.198. The van der Waals surface area contributed by atoms with Crippen molar-refractivity contribution < 1.29 is 22.7 Å². The summed E-state index contributed by atoms with van der Waals surface area (Å²) in [5.74, 6) is -1.15. The average Bonchev–Trinajstić information content (AvgIpc) is 2.64. The van der Waals surface area contributed by atoms with Gasteiger partial charge >= 0.3 is 12.1 Å². The molecule has 1 atom stereocenters. The zero-order valence-electron chi connectivity index (χ0n) is 8.13. The molecule has 1 unspecified atom stereocenters. The fourth-order valence-corrected chi connectivity index (χ4v) is 0.870. The molecule has 0 aliphatic heterocycles. The maximum absolute atomic E-state index is 12.1. The van der Waals surface area contributed by atoms with E-state index in [9.17, 15) is 18.0 Å². The number of nitriles is 1. The normalized spacial score (nSPS) is 12.9. The number of esters is 1. The molecule has 0 spiro atoms. The Morgan fingerprint density at radius 2 is 2.19 bits per heavy atom. The molecule has 0 fully saturated rings. The Morgan fingerprint density at radius 3 is 2.62 bits per heavy atom. The topological polar surface area (TPSA) is 65.9 Å². The smallest absolute Gasteiger partial charge is 0.425 e. The molecule has 4 nitrogen and oxygen atoms in total. The Bertz CT molecular complexity index is 431. The molecule has 1 heterocycles. The molecule has 0 saturated heterocycles. The first-order chi connectivity index (χ1) is 7.34. The van der Waals surface area contributed by atoms with Gasteiger partial charge in [0.05, 0.1) is 0 Å². The molecule has 0 aromatic carbocycles. The van der Waals surface area contributed by atoms with Gasteiger partial charge in [0.25, 0.3) is 0 Å². The third-order valence-corrected chi connectivity index (χ3v) is 1.77. The number of H-pyrrole nitrogens is 1. The average molecular weight is 232 g/mol. The first-order valence-corrected chi connectivity index (χ1v) is 4.21. The largest absolute Gasteiger partial charge is 0.448 e. The molecular weight excluding hydrogens is 225 g/mol. The van der Waals surface area contributed by atoms with Gasteiger partial charge in [-0.15, -0.1) is 0 Å². The lowest BCUT2D eigenvalue weighted by Crippen LogP contribution is -2.31. The molecule has 86 valence electrons. The van der Waals surface area contributed by atoms with E-state index in [1.54, 1.807) is 6.07 Å². The molecule has 0 amide bonds. The van der Waals surface area contributed by atoms with E-state index in [1.165, 1.54) is 12.1 Å². The fourth-order valence-electron chi connectivity index (χ4n) is 0.870. The van der Waals surface area contributed by atoms with Gasteiger partial charge in [0.2, 0.25) is 0 Å². The standard InChI is InChI=1S/C9H7F3N2O2/c1-5(9(10,11)12)16-8(15)7-3-2-6(4-13)14-7/h2-3,5,14H,1H3. The molecule has 0 aliphatic carbocycles. The number of rotatable bonds is 2. The van der Waals surface area contributed by atoms with Crippen LogP contribution in [0.2, 0.25) is 0 Å². The van der Waals surface area contributed by atoms with E-state index in [0.717, 1.165) is 6.92 Å². The SMILES string of the molecule is CC(OC(=O)c1ccc(C#N)[nH]1)C(F)(F)F. The highest BCUT2D eigenvalue weighted by molar-refractivity contribution is 5.87. The van der Waals surface area contributed by atoms with E-state index in [-0.39, 0.29) is 11.4 Å². The molecule has 0 saturated carbocycles. The predicted octanol–water partition coefficient (Wildman–Crippen LogP) is 1.99. The highest BCUT2D eigenvalue weighted by Crippen LogP contribution is 2.23. The van der Waals surface area contributed by atoms with Crippen LogP contribution >= 0.6 is 0 Å². The third kappa shape index (κ3) is 2.76. The van der Waals surface area contributed by atoms with Crippen molar-refractivity contribution in [2.45, 2.75) is 19.2 Å². The maximum Gasteiger partial charge on any atom is 0.425 e. The molecule has 1 rings (SSSR count). The molecule has 0 radical (unpaired) electrons. The molecular formula is C9H7F3N2O2. The number of ether oxygens (including phenoxy) is 1. The molecule has 7 heteroatoms. The van der Waals surface area contributed by atoms with Crippen LogP contribution in [0.15, 0.2) is 12.1 Å². The van der Waals surface area contributed by atoms with Crippen molar-refractivity contribution in [3.05, 3.63) is 23.5 Å². The minimum absolute atomic E-state index is 0.0756. The number of carbonyl (C=O) groups is 1. The van der Waals surface area contributed by atoms with Crippen LogP contribution in [0.5, 0.6) is 0 Å². The van der Waals surface area contributed by atoms with Crippen molar-refractivity contribution in [3.8, 4) is 6.07 Å². The van der Waals surface area contributed by atoms with Crippen molar-refractivity contribution in [1.82, 2.24) is 4.98 Å². The Labute approximate surface area is 88.6 Å². The molecule has 1 N–H and O–H groups in total. The molecule has 1 aromatic heterocycles. The van der Waals surface area contributed by atoms with E-state index in [0.29, 0.717) is 0 Å². The molecule has 1 aromatic rings. The second-order valence-electron chi connectivity index (χ2n) is 2.99. The van der Waals surface area contributed by atoms with Crippen molar-refractivity contribution in [2.24, 2.45) is 0 Å². The Balaban J connectivity index is 2.70.